The molecule has 0 unspecified atom stereocenters. The van der Waals surface area contributed by atoms with E-state index in [4.69, 9.17) is 4.74 Å². The summed E-state index contributed by atoms with van der Waals surface area (Å²) in [5.74, 6) is -0.751. The van der Waals surface area contributed by atoms with Crippen molar-refractivity contribution in [2.75, 3.05) is 0 Å². The zero-order valence-corrected chi connectivity index (χ0v) is 13.4. The molecule has 0 fully saturated rings. The summed E-state index contributed by atoms with van der Waals surface area (Å²) in [6.07, 6.45) is -0.609. The largest absolute Gasteiger partial charge is 0.480 e. The van der Waals surface area contributed by atoms with Gasteiger partial charge in [-0.05, 0) is 28.5 Å². The van der Waals surface area contributed by atoms with Gasteiger partial charge < -0.3 is 15.2 Å². The zero-order chi connectivity index (χ0) is 17.6. The van der Waals surface area contributed by atoms with E-state index in [0.717, 1.165) is 16.3 Å². The Hall–Kier alpha value is -3.34. The third kappa shape index (κ3) is 4.35. The van der Waals surface area contributed by atoms with Crippen molar-refractivity contribution >= 4 is 22.8 Å². The van der Waals surface area contributed by atoms with Crippen LogP contribution in [0.25, 0.3) is 10.8 Å². The van der Waals surface area contributed by atoms with Crippen LogP contribution in [-0.4, -0.2) is 23.2 Å². The van der Waals surface area contributed by atoms with E-state index in [1.807, 2.05) is 60.7 Å². The van der Waals surface area contributed by atoms with Crippen molar-refractivity contribution in [1.29, 1.82) is 0 Å². The van der Waals surface area contributed by atoms with Crippen LogP contribution in [0.3, 0.4) is 0 Å². The Morgan fingerprint density at radius 3 is 2.32 bits per heavy atom. The molecular formula is C20H17NO4. The Bertz CT molecular complexity index is 892. The van der Waals surface area contributed by atoms with Gasteiger partial charge in [0.25, 0.3) is 0 Å². The molecule has 0 saturated heterocycles. The van der Waals surface area contributed by atoms with Gasteiger partial charge in [-0.3, -0.25) is 0 Å². The number of rotatable bonds is 5. The molecule has 3 rings (SSSR count). The van der Waals surface area contributed by atoms with E-state index in [2.05, 4.69) is 5.32 Å². The SMILES string of the molecule is O=C(N[C@@H](Cc1ccccc1)C(=O)O)Oc1ccc2ccccc2c1. The topological polar surface area (TPSA) is 75.6 Å². The fourth-order valence-electron chi connectivity index (χ4n) is 2.56. The number of carboxylic acid groups (broad SMARTS) is 1. The van der Waals surface area contributed by atoms with Gasteiger partial charge in [-0.1, -0.05) is 60.7 Å². The first-order chi connectivity index (χ1) is 12.1. The van der Waals surface area contributed by atoms with Crippen molar-refractivity contribution < 1.29 is 19.4 Å². The molecule has 126 valence electrons. The molecule has 1 amide bonds. The monoisotopic (exact) mass is 335 g/mol. The van der Waals surface area contributed by atoms with Crippen LogP contribution in [0.2, 0.25) is 0 Å². The second-order valence-corrected chi connectivity index (χ2v) is 5.62. The molecule has 25 heavy (non-hydrogen) atoms. The number of hydrogen-bond acceptors (Lipinski definition) is 3. The van der Waals surface area contributed by atoms with Gasteiger partial charge in [0.2, 0.25) is 0 Å². The number of hydrogen-bond donors (Lipinski definition) is 2. The minimum Gasteiger partial charge on any atom is -0.480 e. The fraction of sp³-hybridized carbons (Fsp3) is 0.100. The van der Waals surface area contributed by atoms with Crippen LogP contribution in [-0.2, 0) is 11.2 Å². The van der Waals surface area contributed by atoms with Gasteiger partial charge in [-0.2, -0.15) is 0 Å². The second-order valence-electron chi connectivity index (χ2n) is 5.62. The first-order valence-electron chi connectivity index (χ1n) is 7.86. The highest BCUT2D eigenvalue weighted by Crippen LogP contribution is 2.20. The molecule has 0 spiro atoms. The van der Waals surface area contributed by atoms with Crippen molar-refractivity contribution in [2.24, 2.45) is 0 Å². The summed E-state index contributed by atoms with van der Waals surface area (Å²) in [6, 6.07) is 21.0. The number of benzene rings is 3. The molecule has 0 aliphatic rings. The molecule has 0 radical (unpaired) electrons. The number of fused-ring (bicyclic) bond motifs is 1. The molecule has 0 heterocycles. The average Bonchev–Trinajstić information content (AvgIpc) is 2.62. The number of carbonyl (C=O) groups excluding carboxylic acids is 1. The summed E-state index contributed by atoms with van der Waals surface area (Å²) in [4.78, 5) is 23.5. The first-order valence-corrected chi connectivity index (χ1v) is 7.86. The highest BCUT2D eigenvalue weighted by Gasteiger charge is 2.21. The first kappa shape index (κ1) is 16.5. The van der Waals surface area contributed by atoms with E-state index >= 15 is 0 Å². The van der Waals surface area contributed by atoms with E-state index in [0.29, 0.717) is 5.75 Å². The summed E-state index contributed by atoms with van der Waals surface area (Å²) < 4.78 is 5.23. The van der Waals surface area contributed by atoms with Crippen LogP contribution in [0.15, 0.2) is 72.8 Å². The van der Waals surface area contributed by atoms with Crippen LogP contribution in [0.1, 0.15) is 5.56 Å². The van der Waals surface area contributed by atoms with E-state index in [-0.39, 0.29) is 6.42 Å². The molecule has 0 aromatic heterocycles. The highest BCUT2D eigenvalue weighted by atomic mass is 16.6. The second kappa shape index (κ2) is 7.49. The molecule has 0 aliphatic heterocycles. The van der Waals surface area contributed by atoms with E-state index < -0.39 is 18.1 Å². The van der Waals surface area contributed by atoms with Crippen molar-refractivity contribution in [1.82, 2.24) is 5.32 Å². The zero-order valence-electron chi connectivity index (χ0n) is 13.4. The predicted molar refractivity (Wildman–Crippen MR) is 94.7 cm³/mol. The predicted octanol–water partition coefficient (Wildman–Crippen LogP) is 3.62. The maximum Gasteiger partial charge on any atom is 0.413 e. The minimum absolute atomic E-state index is 0.184. The third-order valence-corrected chi connectivity index (χ3v) is 3.80. The van der Waals surface area contributed by atoms with Crippen LogP contribution in [0.5, 0.6) is 5.75 Å². The summed E-state index contributed by atoms with van der Waals surface area (Å²) in [6.45, 7) is 0. The fourth-order valence-corrected chi connectivity index (χ4v) is 2.56. The van der Waals surface area contributed by atoms with Gasteiger partial charge in [0.1, 0.15) is 11.8 Å². The van der Waals surface area contributed by atoms with Gasteiger partial charge in [0, 0.05) is 6.42 Å². The smallest absolute Gasteiger partial charge is 0.413 e. The number of amides is 1. The lowest BCUT2D eigenvalue weighted by Crippen LogP contribution is -2.43. The molecule has 0 saturated carbocycles. The molecular weight excluding hydrogens is 318 g/mol. The Morgan fingerprint density at radius 2 is 1.60 bits per heavy atom. The Morgan fingerprint density at radius 1 is 0.920 bits per heavy atom. The van der Waals surface area contributed by atoms with Gasteiger partial charge in [-0.25, -0.2) is 9.59 Å². The van der Waals surface area contributed by atoms with Crippen LogP contribution in [0.4, 0.5) is 4.79 Å². The van der Waals surface area contributed by atoms with Gasteiger partial charge >= 0.3 is 12.1 Å². The molecule has 0 aliphatic carbocycles. The molecule has 5 nitrogen and oxygen atoms in total. The summed E-state index contributed by atoms with van der Waals surface area (Å²) in [5.41, 5.74) is 0.820. The third-order valence-electron chi connectivity index (χ3n) is 3.80. The van der Waals surface area contributed by atoms with Gasteiger partial charge in [0.15, 0.2) is 0 Å². The van der Waals surface area contributed by atoms with Crippen LogP contribution >= 0.6 is 0 Å². The number of ether oxygens (including phenoxy) is 1. The molecule has 3 aromatic carbocycles. The lowest BCUT2D eigenvalue weighted by molar-refractivity contribution is -0.139. The molecule has 1 atom stereocenters. The molecule has 0 bridgehead atoms. The summed E-state index contributed by atoms with van der Waals surface area (Å²) in [7, 11) is 0. The van der Waals surface area contributed by atoms with E-state index in [1.54, 1.807) is 12.1 Å². The number of nitrogens with one attached hydrogen (secondary N) is 1. The van der Waals surface area contributed by atoms with E-state index in [1.165, 1.54) is 0 Å². The molecule has 2 N–H and O–H groups in total. The quantitative estimate of drug-likeness (QED) is 0.747. The van der Waals surface area contributed by atoms with Crippen LogP contribution < -0.4 is 10.1 Å². The maximum absolute atomic E-state index is 12.1. The molecule has 5 heteroatoms. The minimum atomic E-state index is -1.11. The standard InChI is InChI=1S/C20H17NO4/c22-19(23)18(12-14-6-2-1-3-7-14)21-20(24)25-17-11-10-15-8-4-5-9-16(15)13-17/h1-11,13,18H,12H2,(H,21,24)(H,22,23)/t18-/m0/s1. The van der Waals surface area contributed by atoms with Crippen LogP contribution in [0, 0.1) is 0 Å². The van der Waals surface area contributed by atoms with Crippen molar-refractivity contribution in [2.45, 2.75) is 12.5 Å². The Balaban J connectivity index is 1.67. The Labute approximate surface area is 144 Å². The number of aliphatic carboxylic acids is 1. The van der Waals surface area contributed by atoms with Gasteiger partial charge in [-0.15, -0.1) is 0 Å². The van der Waals surface area contributed by atoms with E-state index in [9.17, 15) is 14.7 Å². The summed E-state index contributed by atoms with van der Waals surface area (Å²) in [5, 5.41) is 13.7. The Kier molecular flexibility index (Phi) is 4.95. The average molecular weight is 335 g/mol. The van der Waals surface area contributed by atoms with Crippen molar-refractivity contribution in [3.05, 3.63) is 78.4 Å². The summed E-state index contributed by atoms with van der Waals surface area (Å²) >= 11 is 0. The lowest BCUT2D eigenvalue weighted by Gasteiger charge is -2.14. The molecule has 3 aromatic rings. The highest BCUT2D eigenvalue weighted by molar-refractivity contribution is 5.85. The maximum atomic E-state index is 12.1. The van der Waals surface area contributed by atoms with Crippen molar-refractivity contribution in [3.8, 4) is 5.75 Å². The van der Waals surface area contributed by atoms with Crippen molar-refractivity contribution in [3.63, 3.8) is 0 Å². The number of carbonyl (C=O) groups is 2. The lowest BCUT2D eigenvalue weighted by atomic mass is 10.1. The normalized spacial score (nSPS) is 11.7. The number of carboxylic acids is 1. The van der Waals surface area contributed by atoms with Gasteiger partial charge in [0.05, 0.1) is 0 Å².